The summed E-state index contributed by atoms with van der Waals surface area (Å²) in [7, 11) is 0. The first kappa shape index (κ1) is 16.0. The fourth-order valence-electron chi connectivity index (χ4n) is 1.92. The molecule has 3 N–H and O–H groups in total. The number of carbonyl (C=O) groups excluding carboxylic acids is 2. The summed E-state index contributed by atoms with van der Waals surface area (Å²) in [6.07, 6.45) is 0. The first-order valence-corrected chi connectivity index (χ1v) is 6.77. The maximum absolute atomic E-state index is 12.6. The van der Waals surface area contributed by atoms with E-state index >= 15 is 0 Å². The zero-order valence-corrected chi connectivity index (χ0v) is 12.5. The minimum absolute atomic E-state index is 0.0769. The topological polar surface area (TPSA) is 75.4 Å². The Labute approximate surface area is 120 Å². The lowest BCUT2D eigenvalue weighted by atomic mass is 10.1. The number of hydrogen-bond donors (Lipinski definition) is 2. The summed E-state index contributed by atoms with van der Waals surface area (Å²) in [4.78, 5) is 25.2. The Morgan fingerprint density at radius 1 is 1.20 bits per heavy atom. The Morgan fingerprint density at radius 2 is 1.80 bits per heavy atom. The first-order valence-electron chi connectivity index (χ1n) is 6.77. The molecule has 110 valence electrons. The molecule has 0 aromatic heterocycles. The monoisotopic (exact) mass is 277 g/mol. The van der Waals surface area contributed by atoms with E-state index in [1.165, 1.54) is 4.90 Å². The molecule has 0 bridgehead atoms. The van der Waals surface area contributed by atoms with Crippen molar-refractivity contribution in [2.45, 2.75) is 39.8 Å². The molecule has 0 aliphatic rings. The largest absolute Gasteiger partial charge is 0.382 e. The van der Waals surface area contributed by atoms with Crippen molar-refractivity contribution >= 4 is 17.5 Å². The standard InChI is InChI=1S/C15H23N3O2/c1-10(2)17-13-8-6-5-7-12(13)15(20)18(11(3)4)9-14(16)19/h5-8,10-11,17H,9H2,1-4H3,(H2,16,19). The van der Waals surface area contributed by atoms with Crippen molar-refractivity contribution in [3.63, 3.8) is 0 Å². The second-order valence-corrected chi connectivity index (χ2v) is 5.34. The third kappa shape index (κ3) is 4.26. The predicted octanol–water partition coefficient (Wildman–Crippen LogP) is 1.84. The van der Waals surface area contributed by atoms with Gasteiger partial charge < -0.3 is 16.0 Å². The van der Waals surface area contributed by atoms with Crippen molar-refractivity contribution in [3.05, 3.63) is 29.8 Å². The highest BCUT2D eigenvalue weighted by molar-refractivity contribution is 6.01. The zero-order chi connectivity index (χ0) is 15.3. The average Bonchev–Trinajstić information content (AvgIpc) is 2.34. The molecule has 0 saturated carbocycles. The van der Waals surface area contributed by atoms with Gasteiger partial charge in [0.1, 0.15) is 0 Å². The van der Waals surface area contributed by atoms with Gasteiger partial charge in [-0.3, -0.25) is 9.59 Å². The van der Waals surface area contributed by atoms with Gasteiger partial charge in [-0.1, -0.05) is 12.1 Å². The van der Waals surface area contributed by atoms with Crippen LogP contribution in [0.4, 0.5) is 5.69 Å². The summed E-state index contributed by atoms with van der Waals surface area (Å²) in [5.41, 5.74) is 6.54. The van der Waals surface area contributed by atoms with E-state index in [0.29, 0.717) is 5.56 Å². The van der Waals surface area contributed by atoms with Gasteiger partial charge in [0.2, 0.25) is 5.91 Å². The quantitative estimate of drug-likeness (QED) is 0.833. The predicted molar refractivity (Wildman–Crippen MR) is 80.6 cm³/mol. The molecule has 1 rings (SSSR count). The molecule has 5 heteroatoms. The number of carbonyl (C=O) groups is 2. The molecule has 0 atom stereocenters. The number of primary amides is 1. The lowest BCUT2D eigenvalue weighted by Crippen LogP contribution is -2.43. The molecule has 2 amide bonds. The molecule has 0 fully saturated rings. The van der Waals surface area contributed by atoms with E-state index in [1.54, 1.807) is 6.07 Å². The van der Waals surface area contributed by atoms with E-state index in [9.17, 15) is 9.59 Å². The van der Waals surface area contributed by atoms with Gasteiger partial charge >= 0.3 is 0 Å². The molecule has 0 aliphatic heterocycles. The molecule has 20 heavy (non-hydrogen) atoms. The number of anilines is 1. The summed E-state index contributed by atoms with van der Waals surface area (Å²) in [6.45, 7) is 7.65. The smallest absolute Gasteiger partial charge is 0.256 e. The highest BCUT2D eigenvalue weighted by Crippen LogP contribution is 2.19. The van der Waals surface area contributed by atoms with Gasteiger partial charge in [-0.15, -0.1) is 0 Å². The number of nitrogens with zero attached hydrogens (tertiary/aromatic N) is 1. The number of rotatable bonds is 6. The molecule has 5 nitrogen and oxygen atoms in total. The van der Waals surface area contributed by atoms with E-state index in [1.807, 2.05) is 45.9 Å². The lowest BCUT2D eigenvalue weighted by Gasteiger charge is -2.26. The highest BCUT2D eigenvalue weighted by Gasteiger charge is 2.22. The number of benzene rings is 1. The number of nitrogens with one attached hydrogen (secondary N) is 1. The Morgan fingerprint density at radius 3 is 2.30 bits per heavy atom. The van der Waals surface area contributed by atoms with Crippen molar-refractivity contribution in [1.82, 2.24) is 4.90 Å². The van der Waals surface area contributed by atoms with Crippen LogP contribution in [0.15, 0.2) is 24.3 Å². The van der Waals surface area contributed by atoms with Gasteiger partial charge in [0.15, 0.2) is 0 Å². The first-order chi connectivity index (χ1) is 9.32. The fraction of sp³-hybridized carbons (Fsp3) is 0.467. The van der Waals surface area contributed by atoms with Crippen LogP contribution in [0.1, 0.15) is 38.1 Å². The maximum atomic E-state index is 12.6. The van der Waals surface area contributed by atoms with Crippen LogP contribution in [0.25, 0.3) is 0 Å². The highest BCUT2D eigenvalue weighted by atomic mass is 16.2. The summed E-state index contributed by atoms with van der Waals surface area (Å²) in [5, 5.41) is 3.24. The lowest BCUT2D eigenvalue weighted by molar-refractivity contribution is -0.119. The summed E-state index contributed by atoms with van der Waals surface area (Å²) in [5.74, 6) is -0.705. The van der Waals surface area contributed by atoms with Crippen LogP contribution in [0, 0.1) is 0 Å². The third-order valence-corrected chi connectivity index (χ3v) is 2.81. The van der Waals surface area contributed by atoms with Crippen molar-refractivity contribution in [1.29, 1.82) is 0 Å². The van der Waals surface area contributed by atoms with Gasteiger partial charge in [-0.25, -0.2) is 0 Å². The van der Waals surface area contributed by atoms with Crippen LogP contribution >= 0.6 is 0 Å². The minimum Gasteiger partial charge on any atom is -0.382 e. The van der Waals surface area contributed by atoms with Crippen molar-refractivity contribution in [3.8, 4) is 0 Å². The Bertz CT molecular complexity index is 484. The number of amides is 2. The molecule has 0 aliphatic carbocycles. The van der Waals surface area contributed by atoms with Crippen LogP contribution in [0.2, 0.25) is 0 Å². The Kier molecular flexibility index (Phi) is 5.55. The van der Waals surface area contributed by atoms with Gasteiger partial charge in [0.25, 0.3) is 5.91 Å². The zero-order valence-electron chi connectivity index (χ0n) is 12.5. The molecule has 1 aromatic carbocycles. The SMILES string of the molecule is CC(C)Nc1ccccc1C(=O)N(CC(N)=O)C(C)C. The van der Waals surface area contributed by atoms with Gasteiger partial charge in [0.05, 0.1) is 12.1 Å². The fourth-order valence-corrected chi connectivity index (χ4v) is 1.92. The van der Waals surface area contributed by atoms with E-state index in [2.05, 4.69) is 5.32 Å². The third-order valence-electron chi connectivity index (χ3n) is 2.81. The van der Waals surface area contributed by atoms with Crippen LogP contribution in [0.5, 0.6) is 0 Å². The van der Waals surface area contributed by atoms with Gasteiger partial charge in [-0.2, -0.15) is 0 Å². The van der Waals surface area contributed by atoms with Crippen LogP contribution in [-0.2, 0) is 4.79 Å². The maximum Gasteiger partial charge on any atom is 0.256 e. The van der Waals surface area contributed by atoms with Crippen molar-refractivity contribution < 1.29 is 9.59 Å². The molecule has 0 saturated heterocycles. The summed E-state index contributed by atoms with van der Waals surface area (Å²) < 4.78 is 0. The molecule has 0 heterocycles. The van der Waals surface area contributed by atoms with Crippen LogP contribution in [0.3, 0.4) is 0 Å². The Balaban J connectivity index is 3.08. The number of hydrogen-bond acceptors (Lipinski definition) is 3. The van der Waals surface area contributed by atoms with E-state index in [0.717, 1.165) is 5.69 Å². The molecule has 1 aromatic rings. The minimum atomic E-state index is -0.513. The summed E-state index contributed by atoms with van der Waals surface area (Å²) in [6, 6.07) is 7.41. The van der Waals surface area contributed by atoms with E-state index in [-0.39, 0.29) is 24.5 Å². The molecule has 0 spiro atoms. The van der Waals surface area contributed by atoms with Gasteiger partial charge in [0, 0.05) is 17.8 Å². The van der Waals surface area contributed by atoms with Crippen molar-refractivity contribution in [2.24, 2.45) is 5.73 Å². The molecular weight excluding hydrogens is 254 g/mol. The Hall–Kier alpha value is -2.04. The van der Waals surface area contributed by atoms with Crippen LogP contribution < -0.4 is 11.1 Å². The van der Waals surface area contributed by atoms with E-state index < -0.39 is 5.91 Å². The second-order valence-electron chi connectivity index (χ2n) is 5.34. The second kappa shape index (κ2) is 6.93. The van der Waals surface area contributed by atoms with E-state index in [4.69, 9.17) is 5.73 Å². The normalized spacial score (nSPS) is 10.7. The molecular formula is C15H23N3O2. The van der Waals surface area contributed by atoms with Crippen LogP contribution in [-0.4, -0.2) is 35.3 Å². The average molecular weight is 277 g/mol. The summed E-state index contributed by atoms with van der Waals surface area (Å²) >= 11 is 0. The van der Waals surface area contributed by atoms with Crippen molar-refractivity contribution in [2.75, 3.05) is 11.9 Å². The number of para-hydroxylation sites is 1. The van der Waals surface area contributed by atoms with Gasteiger partial charge in [-0.05, 0) is 39.8 Å². The number of nitrogens with two attached hydrogens (primary N) is 1. The molecule has 0 radical (unpaired) electrons. The molecule has 0 unspecified atom stereocenters.